The molecule has 0 aromatic carbocycles. The van der Waals surface area contributed by atoms with Gasteiger partial charge in [-0.05, 0) is 45.1 Å². The number of carbonyl (C=O) groups is 1. The summed E-state index contributed by atoms with van der Waals surface area (Å²) in [6.45, 7) is 6.26. The van der Waals surface area contributed by atoms with Crippen molar-refractivity contribution in [3.63, 3.8) is 0 Å². The van der Waals surface area contributed by atoms with Gasteiger partial charge in [-0.25, -0.2) is 0 Å². The second-order valence-corrected chi connectivity index (χ2v) is 7.31. The smallest absolute Gasteiger partial charge is 0.331 e. The Kier molecular flexibility index (Phi) is 6.20. The fraction of sp³-hybridized carbons (Fsp3) is 0.923. The minimum absolute atomic E-state index is 0.172. The van der Waals surface area contributed by atoms with Gasteiger partial charge in [0, 0.05) is 0 Å². The average molecular weight is 307 g/mol. The first-order chi connectivity index (χ1) is 9.32. The van der Waals surface area contributed by atoms with Crippen LogP contribution in [0.4, 0.5) is 0 Å². The number of esters is 1. The maximum Gasteiger partial charge on any atom is 0.331 e. The Hall–Kier alpha value is -0.420. The van der Waals surface area contributed by atoms with E-state index in [1.807, 2.05) is 13.8 Å². The minimum Gasteiger partial charge on any atom is -0.465 e. The zero-order valence-electron chi connectivity index (χ0n) is 12.5. The third-order valence-corrected chi connectivity index (χ3v) is 6.70. The van der Waals surface area contributed by atoms with Crippen LogP contribution in [-0.2, 0) is 14.1 Å². The third kappa shape index (κ3) is 3.42. The van der Waals surface area contributed by atoms with Gasteiger partial charge in [-0.1, -0.05) is 13.8 Å². The fourth-order valence-corrected chi connectivity index (χ4v) is 4.84. The summed E-state index contributed by atoms with van der Waals surface area (Å²) in [5.74, 6) is -0.502. The Balaban J connectivity index is 2.93. The number of hydrogen-bond acceptors (Lipinski definition) is 4. The van der Waals surface area contributed by atoms with Crippen molar-refractivity contribution in [3.8, 4) is 0 Å². The summed E-state index contributed by atoms with van der Waals surface area (Å²) in [5.41, 5.74) is 0. The molecule has 118 valence electrons. The Morgan fingerprint density at radius 3 is 2.40 bits per heavy atom. The van der Waals surface area contributed by atoms with Crippen LogP contribution in [0.3, 0.4) is 0 Å². The predicted molar refractivity (Wildman–Crippen MR) is 76.5 cm³/mol. The molecule has 0 radical (unpaired) electrons. The van der Waals surface area contributed by atoms with Crippen molar-refractivity contribution in [2.75, 3.05) is 13.2 Å². The van der Waals surface area contributed by atoms with Crippen LogP contribution < -0.4 is 5.32 Å². The van der Waals surface area contributed by atoms with Gasteiger partial charge in [0.05, 0.1) is 11.8 Å². The quantitative estimate of drug-likeness (QED) is 0.510. The molecule has 0 amide bonds. The van der Waals surface area contributed by atoms with Gasteiger partial charge >= 0.3 is 13.6 Å². The molecule has 3 N–H and O–H groups in total. The highest BCUT2D eigenvalue weighted by Crippen LogP contribution is 2.60. The first kappa shape index (κ1) is 17.6. The van der Waals surface area contributed by atoms with Crippen molar-refractivity contribution in [1.29, 1.82) is 0 Å². The molecule has 0 bridgehead atoms. The Labute approximate surface area is 120 Å². The summed E-state index contributed by atoms with van der Waals surface area (Å²) < 4.78 is 17.0. The lowest BCUT2D eigenvalue weighted by atomic mass is 9.78. The lowest BCUT2D eigenvalue weighted by Gasteiger charge is -2.43. The highest BCUT2D eigenvalue weighted by molar-refractivity contribution is 7.53. The Morgan fingerprint density at radius 1 is 1.35 bits per heavy atom. The van der Waals surface area contributed by atoms with Gasteiger partial charge in [0.15, 0.2) is 0 Å². The molecule has 0 spiro atoms. The molecule has 1 saturated heterocycles. The van der Waals surface area contributed by atoms with E-state index < -0.39 is 18.8 Å². The molecular formula is C13H26NO5P. The average Bonchev–Trinajstić information content (AvgIpc) is 2.40. The van der Waals surface area contributed by atoms with Crippen molar-refractivity contribution >= 4 is 13.6 Å². The topological polar surface area (TPSA) is 95.9 Å². The summed E-state index contributed by atoms with van der Waals surface area (Å²) in [7, 11) is -4.23. The maximum absolute atomic E-state index is 12.0. The third-order valence-electron chi connectivity index (χ3n) is 4.54. The normalized spacial score (nSPS) is 24.4. The van der Waals surface area contributed by atoms with Gasteiger partial charge < -0.3 is 19.8 Å². The molecule has 2 atom stereocenters. The summed E-state index contributed by atoms with van der Waals surface area (Å²) >= 11 is 0. The van der Waals surface area contributed by atoms with Crippen LogP contribution in [0.1, 0.15) is 46.5 Å². The van der Waals surface area contributed by atoms with Crippen LogP contribution in [0.15, 0.2) is 0 Å². The maximum atomic E-state index is 12.0. The van der Waals surface area contributed by atoms with Crippen LogP contribution in [0.2, 0.25) is 0 Å². The minimum atomic E-state index is -4.23. The summed E-state index contributed by atoms with van der Waals surface area (Å²) in [6.07, 6.45) is 1.91. The molecule has 0 aliphatic carbocycles. The van der Waals surface area contributed by atoms with Crippen LogP contribution in [0.25, 0.3) is 0 Å². The van der Waals surface area contributed by atoms with E-state index in [4.69, 9.17) is 4.74 Å². The zero-order chi connectivity index (χ0) is 15.4. The Morgan fingerprint density at radius 2 is 1.95 bits per heavy atom. The van der Waals surface area contributed by atoms with Crippen LogP contribution >= 0.6 is 7.60 Å². The van der Waals surface area contributed by atoms with Crippen LogP contribution in [-0.4, -0.2) is 40.1 Å². The summed E-state index contributed by atoms with van der Waals surface area (Å²) in [4.78, 5) is 31.4. The molecule has 2 unspecified atom stereocenters. The standard InChI is InChI=1S/C13H26NO5P/c1-4-13(5-2,20(16,17)18)10-7-8-14-11(9-10)12(15)19-6-3/h10-11,14H,4-9H2,1-3H3,(H2,16,17,18). The number of nitrogens with one attached hydrogen (secondary N) is 1. The van der Waals surface area contributed by atoms with Crippen LogP contribution in [0.5, 0.6) is 0 Å². The van der Waals surface area contributed by atoms with Crippen molar-refractivity contribution in [2.24, 2.45) is 5.92 Å². The van der Waals surface area contributed by atoms with Gasteiger partial charge in [0.1, 0.15) is 6.04 Å². The monoisotopic (exact) mass is 307 g/mol. The van der Waals surface area contributed by atoms with E-state index >= 15 is 0 Å². The van der Waals surface area contributed by atoms with E-state index in [2.05, 4.69) is 5.32 Å². The molecule has 20 heavy (non-hydrogen) atoms. The molecule has 1 rings (SSSR count). The lowest BCUT2D eigenvalue weighted by Crippen LogP contribution is -2.50. The fourth-order valence-electron chi connectivity index (χ4n) is 3.31. The van der Waals surface area contributed by atoms with Gasteiger partial charge in [-0.3, -0.25) is 9.36 Å². The van der Waals surface area contributed by atoms with E-state index in [0.717, 1.165) is 0 Å². The Bertz CT molecular complexity index is 377. The molecule has 0 saturated carbocycles. The van der Waals surface area contributed by atoms with E-state index in [9.17, 15) is 19.1 Å². The predicted octanol–water partition coefficient (Wildman–Crippen LogP) is 1.65. The van der Waals surface area contributed by atoms with E-state index in [-0.39, 0.29) is 11.9 Å². The number of hydrogen-bond donors (Lipinski definition) is 3. The van der Waals surface area contributed by atoms with Gasteiger partial charge in [0.2, 0.25) is 0 Å². The zero-order valence-corrected chi connectivity index (χ0v) is 13.4. The summed E-state index contributed by atoms with van der Waals surface area (Å²) in [5, 5.41) is 2.05. The molecule has 1 heterocycles. The molecule has 1 fully saturated rings. The number of rotatable bonds is 6. The molecule has 7 heteroatoms. The van der Waals surface area contributed by atoms with Crippen LogP contribution in [0, 0.1) is 5.92 Å². The molecule has 6 nitrogen and oxygen atoms in total. The van der Waals surface area contributed by atoms with Gasteiger partial charge in [-0.15, -0.1) is 0 Å². The molecule has 0 aromatic heterocycles. The number of piperidine rings is 1. The second kappa shape index (κ2) is 7.03. The SMILES string of the molecule is CCOC(=O)C1CC(C(CC)(CC)P(=O)(O)O)CCN1. The first-order valence-electron chi connectivity index (χ1n) is 7.28. The van der Waals surface area contributed by atoms with Crippen molar-refractivity contribution in [3.05, 3.63) is 0 Å². The summed E-state index contributed by atoms with van der Waals surface area (Å²) in [6, 6.07) is -0.460. The molecular weight excluding hydrogens is 281 g/mol. The van der Waals surface area contributed by atoms with E-state index in [1.54, 1.807) is 6.92 Å². The molecule has 1 aliphatic rings. The lowest BCUT2D eigenvalue weighted by molar-refractivity contribution is -0.146. The van der Waals surface area contributed by atoms with Crippen molar-refractivity contribution in [2.45, 2.75) is 57.7 Å². The highest BCUT2D eigenvalue weighted by atomic mass is 31.2. The second-order valence-electron chi connectivity index (χ2n) is 5.33. The van der Waals surface area contributed by atoms with Crippen molar-refractivity contribution in [1.82, 2.24) is 5.32 Å². The first-order valence-corrected chi connectivity index (χ1v) is 8.89. The number of carbonyl (C=O) groups excluding carboxylic acids is 1. The van der Waals surface area contributed by atoms with Crippen molar-refractivity contribution < 1.29 is 23.9 Å². The van der Waals surface area contributed by atoms with Gasteiger partial charge in [-0.2, -0.15) is 0 Å². The highest BCUT2D eigenvalue weighted by Gasteiger charge is 2.51. The number of ether oxygens (including phenoxy) is 1. The largest absolute Gasteiger partial charge is 0.465 e. The molecule has 1 aliphatic heterocycles. The van der Waals surface area contributed by atoms with E-state index in [0.29, 0.717) is 38.8 Å². The van der Waals surface area contributed by atoms with Gasteiger partial charge in [0.25, 0.3) is 0 Å². The molecule has 0 aromatic rings. The van der Waals surface area contributed by atoms with E-state index in [1.165, 1.54) is 0 Å².